The molecule has 7 rings (SSSR count). The quantitative estimate of drug-likeness (QED) is 0.237. The maximum absolute atomic E-state index is 11.4. The van der Waals surface area contributed by atoms with E-state index in [1.54, 1.807) is 0 Å². The van der Waals surface area contributed by atoms with Crippen molar-refractivity contribution < 1.29 is 19.2 Å². The van der Waals surface area contributed by atoms with Crippen molar-refractivity contribution in [3.63, 3.8) is 0 Å². The van der Waals surface area contributed by atoms with E-state index < -0.39 is 5.97 Å². The van der Waals surface area contributed by atoms with Crippen LogP contribution in [-0.2, 0) is 11.3 Å². The van der Waals surface area contributed by atoms with Crippen molar-refractivity contribution in [1.82, 2.24) is 9.53 Å². The Hall–Kier alpha value is -2.65. The first-order chi connectivity index (χ1) is 18.9. The molecule has 2 aromatic heterocycles. The molecule has 1 saturated heterocycles. The Kier molecular flexibility index (Phi) is 6.34. The molecule has 3 aliphatic rings. The minimum Gasteiger partial charge on any atom is -0.476 e. The van der Waals surface area contributed by atoms with Gasteiger partial charge in [-0.1, -0.05) is 34.4 Å². The third-order valence-corrected chi connectivity index (χ3v) is 9.87. The van der Waals surface area contributed by atoms with Crippen LogP contribution < -0.4 is 4.90 Å². The van der Waals surface area contributed by atoms with Crippen molar-refractivity contribution in [2.75, 3.05) is 18.0 Å². The molecule has 202 valence electrons. The number of piperidine rings is 1. The van der Waals surface area contributed by atoms with Crippen LogP contribution in [0, 0.1) is 5.41 Å². The second-order valence-electron chi connectivity index (χ2n) is 11.1. The standard InChI is InChI=1S/C29H27Cl2N3O4S/c30-21-3-1-4-22(31)24(21)25-20(27(38-32-25)16-5-6-16)14-37-18-12-29(13-18)9-2-10-34(15-29)17-7-8-19-23(11-17)39-33-26(19)28(35)36/h1,3-4,7-8,11,16,18H,2,5-6,9-10,12-15H2,(H,35,36). The molecule has 10 heteroatoms. The van der Waals surface area contributed by atoms with E-state index in [1.165, 1.54) is 18.0 Å². The number of hydrogen-bond donors (Lipinski definition) is 1. The van der Waals surface area contributed by atoms with Gasteiger partial charge in [0.2, 0.25) is 0 Å². The number of anilines is 1. The molecule has 1 N–H and O–H groups in total. The lowest BCUT2D eigenvalue weighted by Crippen LogP contribution is -2.53. The van der Waals surface area contributed by atoms with Gasteiger partial charge in [0.05, 0.1) is 27.5 Å². The molecule has 2 aromatic carbocycles. The number of aromatic carboxylic acids is 1. The van der Waals surface area contributed by atoms with Crippen molar-refractivity contribution in [2.45, 2.75) is 57.2 Å². The van der Waals surface area contributed by atoms with Gasteiger partial charge in [-0.25, -0.2) is 4.79 Å². The van der Waals surface area contributed by atoms with E-state index >= 15 is 0 Å². The molecule has 1 aliphatic heterocycles. The van der Waals surface area contributed by atoms with E-state index in [4.69, 9.17) is 32.5 Å². The fourth-order valence-electron chi connectivity index (χ4n) is 6.31. The summed E-state index contributed by atoms with van der Waals surface area (Å²) in [4.78, 5) is 13.9. The van der Waals surface area contributed by atoms with E-state index in [2.05, 4.69) is 20.5 Å². The van der Waals surface area contributed by atoms with E-state index in [0.717, 1.165) is 66.9 Å². The zero-order valence-electron chi connectivity index (χ0n) is 21.2. The van der Waals surface area contributed by atoms with Crippen LogP contribution in [0.5, 0.6) is 0 Å². The number of benzene rings is 2. The van der Waals surface area contributed by atoms with Gasteiger partial charge in [-0.2, -0.15) is 4.37 Å². The first-order valence-electron chi connectivity index (χ1n) is 13.3. The Morgan fingerprint density at radius 3 is 2.74 bits per heavy atom. The minimum atomic E-state index is -0.982. The zero-order chi connectivity index (χ0) is 26.7. The van der Waals surface area contributed by atoms with Crippen molar-refractivity contribution in [3.8, 4) is 11.3 Å². The number of carboxylic acids is 1. The largest absolute Gasteiger partial charge is 0.476 e. The highest BCUT2D eigenvalue weighted by Crippen LogP contribution is 2.51. The second-order valence-corrected chi connectivity index (χ2v) is 12.7. The number of aromatic nitrogens is 2. The zero-order valence-corrected chi connectivity index (χ0v) is 23.5. The predicted molar refractivity (Wildman–Crippen MR) is 152 cm³/mol. The molecular formula is C29H27Cl2N3O4S. The highest BCUT2D eigenvalue weighted by atomic mass is 35.5. The van der Waals surface area contributed by atoms with Crippen molar-refractivity contribution in [2.24, 2.45) is 5.41 Å². The van der Waals surface area contributed by atoms with E-state index in [9.17, 15) is 9.90 Å². The molecule has 2 saturated carbocycles. The van der Waals surface area contributed by atoms with Crippen LogP contribution >= 0.6 is 34.7 Å². The fourth-order valence-corrected chi connectivity index (χ4v) is 7.69. The van der Waals surface area contributed by atoms with E-state index in [0.29, 0.717) is 39.2 Å². The van der Waals surface area contributed by atoms with Crippen LogP contribution in [0.25, 0.3) is 21.3 Å². The second kappa shape index (κ2) is 9.77. The Morgan fingerprint density at radius 2 is 2.00 bits per heavy atom. The smallest absolute Gasteiger partial charge is 0.356 e. The summed E-state index contributed by atoms with van der Waals surface area (Å²) < 4.78 is 17.3. The molecule has 0 atom stereocenters. The number of fused-ring (bicyclic) bond motifs is 1. The Balaban J connectivity index is 1.04. The third-order valence-electron chi connectivity index (χ3n) is 8.44. The van der Waals surface area contributed by atoms with Crippen LogP contribution in [0.3, 0.4) is 0 Å². The Labute approximate surface area is 239 Å². The van der Waals surface area contributed by atoms with E-state index in [1.807, 2.05) is 30.3 Å². The lowest BCUT2D eigenvalue weighted by atomic mass is 9.62. The summed E-state index contributed by atoms with van der Waals surface area (Å²) >= 11 is 14.3. The average Bonchev–Trinajstić information content (AvgIpc) is 3.52. The minimum absolute atomic E-state index is 0.133. The van der Waals surface area contributed by atoms with Crippen LogP contribution in [-0.4, -0.2) is 39.8 Å². The molecule has 2 aliphatic carbocycles. The highest BCUT2D eigenvalue weighted by Gasteiger charge is 2.47. The van der Waals surface area contributed by atoms with Crippen LogP contribution in [0.1, 0.15) is 66.3 Å². The molecule has 1 spiro atoms. The van der Waals surface area contributed by atoms with Crippen LogP contribution in [0.2, 0.25) is 10.0 Å². The normalized spacial score (nSPS) is 22.9. The summed E-state index contributed by atoms with van der Waals surface area (Å²) in [7, 11) is 0. The molecule has 0 radical (unpaired) electrons. The topological polar surface area (TPSA) is 88.7 Å². The molecule has 3 fully saturated rings. The van der Waals surface area contributed by atoms with Gasteiger partial charge < -0.3 is 19.3 Å². The summed E-state index contributed by atoms with van der Waals surface area (Å²) in [5.74, 6) is 0.320. The number of rotatable bonds is 7. The van der Waals surface area contributed by atoms with Gasteiger partial charge in [-0.3, -0.25) is 0 Å². The molecule has 39 heavy (non-hydrogen) atoms. The highest BCUT2D eigenvalue weighted by molar-refractivity contribution is 7.13. The van der Waals surface area contributed by atoms with Gasteiger partial charge in [-0.15, -0.1) is 0 Å². The molecule has 7 nitrogen and oxygen atoms in total. The van der Waals surface area contributed by atoms with E-state index in [-0.39, 0.29) is 17.2 Å². The number of carbonyl (C=O) groups is 1. The van der Waals surface area contributed by atoms with Gasteiger partial charge >= 0.3 is 5.97 Å². The monoisotopic (exact) mass is 583 g/mol. The summed E-state index contributed by atoms with van der Waals surface area (Å²) in [6.45, 7) is 2.41. The molecule has 0 amide bonds. The van der Waals surface area contributed by atoms with Gasteiger partial charge in [-0.05, 0) is 85.8 Å². The summed E-state index contributed by atoms with van der Waals surface area (Å²) in [5.41, 5.74) is 3.86. The first kappa shape index (κ1) is 25.3. The number of carboxylic acid groups (broad SMARTS) is 1. The van der Waals surface area contributed by atoms with Gasteiger partial charge in [0.25, 0.3) is 0 Å². The summed E-state index contributed by atoms with van der Waals surface area (Å²) in [5, 5.41) is 15.6. The van der Waals surface area contributed by atoms with Crippen molar-refractivity contribution in [3.05, 3.63) is 63.5 Å². The van der Waals surface area contributed by atoms with Crippen molar-refractivity contribution in [1.29, 1.82) is 0 Å². The number of ether oxygens (including phenoxy) is 1. The molecule has 0 bridgehead atoms. The lowest BCUT2D eigenvalue weighted by molar-refractivity contribution is -0.0931. The fraction of sp³-hybridized carbons (Fsp3) is 0.414. The first-order valence-corrected chi connectivity index (χ1v) is 14.9. The maximum atomic E-state index is 11.4. The van der Waals surface area contributed by atoms with Crippen LogP contribution in [0.4, 0.5) is 5.69 Å². The van der Waals surface area contributed by atoms with Gasteiger partial charge in [0, 0.05) is 41.2 Å². The lowest BCUT2D eigenvalue weighted by Gasteiger charge is -2.53. The van der Waals surface area contributed by atoms with Gasteiger partial charge in [0.15, 0.2) is 5.69 Å². The molecule has 4 aromatic rings. The van der Waals surface area contributed by atoms with Crippen molar-refractivity contribution >= 4 is 56.5 Å². The molecule has 0 unspecified atom stereocenters. The average molecular weight is 585 g/mol. The maximum Gasteiger partial charge on any atom is 0.356 e. The number of hydrogen-bond acceptors (Lipinski definition) is 7. The summed E-state index contributed by atoms with van der Waals surface area (Å²) in [6, 6.07) is 11.5. The Morgan fingerprint density at radius 1 is 1.21 bits per heavy atom. The number of halogens is 2. The van der Waals surface area contributed by atoms with Gasteiger partial charge in [0.1, 0.15) is 11.5 Å². The Bertz CT molecular complexity index is 1550. The predicted octanol–water partition coefficient (Wildman–Crippen LogP) is 7.80. The summed E-state index contributed by atoms with van der Waals surface area (Å²) in [6.07, 6.45) is 6.74. The molecule has 3 heterocycles. The molecular weight excluding hydrogens is 557 g/mol. The SMILES string of the molecule is O=C(O)c1nsc2cc(N3CCCC4(CC(OCc5c(-c6c(Cl)cccc6Cl)noc5C5CC5)C4)C3)ccc12. The van der Waals surface area contributed by atoms with Crippen LogP contribution in [0.15, 0.2) is 40.9 Å². The number of nitrogens with zero attached hydrogens (tertiary/aromatic N) is 3. The third kappa shape index (κ3) is 4.61.